The molecule has 0 unspecified atom stereocenters. The molecule has 0 N–H and O–H groups in total. The van der Waals surface area contributed by atoms with Gasteiger partial charge in [-0.3, -0.25) is 4.98 Å². The minimum atomic E-state index is 0.220. The summed E-state index contributed by atoms with van der Waals surface area (Å²) in [6, 6.07) is 1.98. The van der Waals surface area contributed by atoms with Crippen LogP contribution in [-0.4, -0.2) is 11.6 Å². The van der Waals surface area contributed by atoms with Gasteiger partial charge in [-0.25, -0.2) is 0 Å². The molecule has 0 saturated carbocycles. The van der Waals surface area contributed by atoms with Crippen LogP contribution in [0.2, 0.25) is 0 Å². The Balaban J connectivity index is 2.39. The minimum Gasteiger partial charge on any atom is -0.366 e. The van der Waals surface area contributed by atoms with Crippen molar-refractivity contribution >= 4 is 31.9 Å². The molecule has 1 saturated heterocycles. The van der Waals surface area contributed by atoms with Gasteiger partial charge >= 0.3 is 0 Å². The van der Waals surface area contributed by atoms with Gasteiger partial charge in [-0.2, -0.15) is 0 Å². The van der Waals surface area contributed by atoms with Gasteiger partial charge < -0.3 is 4.74 Å². The van der Waals surface area contributed by atoms with E-state index in [4.69, 9.17) is 4.74 Å². The van der Waals surface area contributed by atoms with Gasteiger partial charge in [-0.05, 0) is 37.9 Å². The van der Waals surface area contributed by atoms with Crippen molar-refractivity contribution < 1.29 is 4.74 Å². The van der Waals surface area contributed by atoms with Crippen molar-refractivity contribution in [3.63, 3.8) is 0 Å². The molecule has 2 nitrogen and oxygen atoms in total. The number of rotatable bonds is 1. The van der Waals surface area contributed by atoms with Gasteiger partial charge in [0.2, 0.25) is 0 Å². The maximum absolute atomic E-state index is 5.11. The number of halogens is 2. The second-order valence-electron chi connectivity index (χ2n) is 2.34. The van der Waals surface area contributed by atoms with Crippen LogP contribution in [0.5, 0.6) is 0 Å². The summed E-state index contributed by atoms with van der Waals surface area (Å²) >= 11 is 6.75. The maximum Gasteiger partial charge on any atom is 0.124 e. The molecule has 2 rings (SSSR count). The normalized spacial score (nSPS) is 21.8. The Morgan fingerprint density at radius 2 is 2.27 bits per heavy atom. The number of epoxide rings is 1. The lowest BCUT2D eigenvalue weighted by atomic mass is 10.3. The van der Waals surface area contributed by atoms with E-state index in [-0.39, 0.29) is 6.10 Å². The fraction of sp³-hybridized carbons (Fsp3) is 0.286. The van der Waals surface area contributed by atoms with Gasteiger partial charge in [0.15, 0.2) is 0 Å². The minimum absolute atomic E-state index is 0.220. The number of nitrogens with zero attached hydrogens (tertiary/aromatic N) is 1. The van der Waals surface area contributed by atoms with E-state index in [0.29, 0.717) is 0 Å². The van der Waals surface area contributed by atoms with Crippen molar-refractivity contribution in [1.29, 1.82) is 0 Å². The molecule has 0 radical (unpaired) electrons. The van der Waals surface area contributed by atoms with E-state index in [1.807, 2.05) is 6.07 Å². The summed E-state index contributed by atoms with van der Waals surface area (Å²) in [5, 5.41) is 0. The van der Waals surface area contributed by atoms with E-state index in [1.165, 1.54) is 0 Å². The fourth-order valence-corrected chi connectivity index (χ4v) is 2.11. The largest absolute Gasteiger partial charge is 0.366 e. The molecule has 0 amide bonds. The van der Waals surface area contributed by atoms with Crippen molar-refractivity contribution in [3.8, 4) is 0 Å². The van der Waals surface area contributed by atoms with Gasteiger partial charge in [-0.1, -0.05) is 0 Å². The summed E-state index contributed by atoms with van der Waals surface area (Å²) in [4.78, 5) is 4.22. The lowest BCUT2D eigenvalue weighted by Crippen LogP contribution is -1.87. The number of hydrogen-bond donors (Lipinski definition) is 0. The van der Waals surface area contributed by atoms with E-state index in [9.17, 15) is 0 Å². The monoisotopic (exact) mass is 277 g/mol. The van der Waals surface area contributed by atoms with Crippen molar-refractivity contribution in [2.24, 2.45) is 0 Å². The first-order chi connectivity index (χ1) is 5.27. The predicted octanol–water partition coefficient (Wildman–Crippen LogP) is 2.68. The number of ether oxygens (including phenoxy) is 1. The van der Waals surface area contributed by atoms with Crippen LogP contribution in [-0.2, 0) is 4.74 Å². The molecule has 0 spiro atoms. The zero-order valence-corrected chi connectivity index (χ0v) is 8.72. The van der Waals surface area contributed by atoms with Crippen LogP contribution in [0, 0.1) is 0 Å². The molecule has 0 bridgehead atoms. The third kappa shape index (κ3) is 1.63. The molecule has 0 aromatic carbocycles. The van der Waals surface area contributed by atoms with Crippen molar-refractivity contribution in [3.05, 3.63) is 26.9 Å². The highest BCUT2D eigenvalue weighted by Gasteiger charge is 2.28. The molecule has 2 heterocycles. The Bertz CT molecular complexity index is 286. The first kappa shape index (κ1) is 7.71. The average molecular weight is 279 g/mol. The smallest absolute Gasteiger partial charge is 0.124 e. The second kappa shape index (κ2) is 2.84. The van der Waals surface area contributed by atoms with E-state index in [2.05, 4.69) is 36.8 Å². The van der Waals surface area contributed by atoms with E-state index >= 15 is 0 Å². The van der Waals surface area contributed by atoms with Gasteiger partial charge in [0.1, 0.15) is 6.10 Å². The molecule has 0 aliphatic carbocycles. The first-order valence-corrected chi connectivity index (χ1v) is 4.78. The van der Waals surface area contributed by atoms with Gasteiger partial charge in [0.25, 0.3) is 0 Å². The van der Waals surface area contributed by atoms with Gasteiger partial charge in [0.05, 0.1) is 12.3 Å². The lowest BCUT2D eigenvalue weighted by Gasteiger charge is -1.98. The molecule has 1 aliphatic heterocycles. The van der Waals surface area contributed by atoms with Crippen LogP contribution in [0.3, 0.4) is 0 Å². The quantitative estimate of drug-likeness (QED) is 0.738. The Morgan fingerprint density at radius 1 is 1.55 bits per heavy atom. The zero-order valence-electron chi connectivity index (χ0n) is 5.55. The Labute approximate surface area is 81.2 Å². The Kier molecular flexibility index (Phi) is 1.99. The molecular formula is C7H5Br2NO. The first-order valence-electron chi connectivity index (χ1n) is 3.20. The van der Waals surface area contributed by atoms with Crippen molar-refractivity contribution in [2.75, 3.05) is 6.61 Å². The number of hydrogen-bond acceptors (Lipinski definition) is 2. The highest BCUT2D eigenvalue weighted by molar-refractivity contribution is 9.11. The molecule has 4 heteroatoms. The topological polar surface area (TPSA) is 25.4 Å². The Morgan fingerprint density at radius 3 is 2.82 bits per heavy atom. The predicted molar refractivity (Wildman–Crippen MR) is 48.3 cm³/mol. The molecule has 58 valence electrons. The molecule has 1 aromatic heterocycles. The third-order valence-electron chi connectivity index (χ3n) is 1.47. The number of aromatic nitrogens is 1. The van der Waals surface area contributed by atoms with Crippen LogP contribution in [0.4, 0.5) is 0 Å². The van der Waals surface area contributed by atoms with Crippen LogP contribution in [0.25, 0.3) is 0 Å². The van der Waals surface area contributed by atoms with E-state index < -0.39 is 0 Å². The van der Waals surface area contributed by atoms with Crippen LogP contribution < -0.4 is 0 Å². The summed E-state index contributed by atoms with van der Waals surface area (Å²) in [6.45, 7) is 0.799. The summed E-state index contributed by atoms with van der Waals surface area (Å²) in [5.41, 5.74) is 0.994. The molecular weight excluding hydrogens is 274 g/mol. The molecule has 1 fully saturated rings. The van der Waals surface area contributed by atoms with Crippen LogP contribution >= 0.6 is 31.9 Å². The molecule has 1 atom stereocenters. The fourth-order valence-electron chi connectivity index (χ4n) is 0.868. The maximum atomic E-state index is 5.11. The van der Waals surface area contributed by atoms with Gasteiger partial charge in [0, 0.05) is 15.1 Å². The number of pyridine rings is 1. The second-order valence-corrected chi connectivity index (χ2v) is 4.11. The van der Waals surface area contributed by atoms with E-state index in [0.717, 1.165) is 21.2 Å². The average Bonchev–Trinajstić information content (AvgIpc) is 2.70. The van der Waals surface area contributed by atoms with Crippen LogP contribution in [0.15, 0.2) is 21.2 Å². The standard InChI is InChI=1S/C7H5Br2NO/c8-4-1-5(9)7(10-2-4)6-3-11-6/h1-2,6H,3H2/t6-/m0/s1. The lowest BCUT2D eigenvalue weighted by molar-refractivity contribution is 0.410. The highest BCUT2D eigenvalue weighted by atomic mass is 79.9. The SMILES string of the molecule is Brc1cnc([C@@H]2CO2)c(Br)c1. The van der Waals surface area contributed by atoms with Crippen molar-refractivity contribution in [1.82, 2.24) is 4.98 Å². The highest BCUT2D eigenvalue weighted by Crippen LogP contribution is 2.34. The summed E-state index contributed by atoms with van der Waals surface area (Å²) in [5.74, 6) is 0. The van der Waals surface area contributed by atoms with E-state index in [1.54, 1.807) is 6.20 Å². The zero-order chi connectivity index (χ0) is 7.84. The molecule has 11 heavy (non-hydrogen) atoms. The summed E-state index contributed by atoms with van der Waals surface area (Å²) in [6.07, 6.45) is 2.00. The van der Waals surface area contributed by atoms with Crippen molar-refractivity contribution in [2.45, 2.75) is 6.10 Å². The third-order valence-corrected chi connectivity index (χ3v) is 2.54. The summed E-state index contributed by atoms with van der Waals surface area (Å²) in [7, 11) is 0. The molecule has 1 aromatic rings. The van der Waals surface area contributed by atoms with Gasteiger partial charge in [-0.15, -0.1) is 0 Å². The summed E-state index contributed by atoms with van der Waals surface area (Å²) < 4.78 is 7.10. The van der Waals surface area contributed by atoms with Crippen LogP contribution in [0.1, 0.15) is 11.8 Å². The Hall–Kier alpha value is 0.0700. The molecule has 1 aliphatic rings.